The fraction of sp³-hybridized carbons (Fsp3) is 0.214. The second-order valence-electron chi connectivity index (χ2n) is 9.00. The highest BCUT2D eigenvalue weighted by Crippen LogP contribution is 2.36. The molecule has 1 aliphatic rings. The highest BCUT2D eigenvalue weighted by atomic mass is 32.1. The van der Waals surface area contributed by atoms with Crippen molar-refractivity contribution in [3.8, 4) is 27.4 Å². The molecule has 36 heavy (non-hydrogen) atoms. The van der Waals surface area contributed by atoms with Crippen LogP contribution in [-0.4, -0.2) is 51.1 Å². The predicted octanol–water partition coefficient (Wildman–Crippen LogP) is 6.03. The number of anilines is 2. The normalized spacial score (nSPS) is 14.7. The molecule has 2 aromatic carbocycles. The molecule has 6 rings (SSSR count). The molecule has 0 aliphatic carbocycles. The van der Waals surface area contributed by atoms with E-state index < -0.39 is 0 Å². The van der Waals surface area contributed by atoms with Gasteiger partial charge < -0.3 is 15.0 Å². The molecule has 1 fully saturated rings. The third kappa shape index (κ3) is 4.91. The maximum atomic E-state index is 6.53. The number of fused-ring (bicyclic) bond motifs is 1. The number of ether oxygens (including phenoxy) is 1. The van der Waals surface area contributed by atoms with Crippen molar-refractivity contribution < 1.29 is 4.74 Å². The van der Waals surface area contributed by atoms with Crippen molar-refractivity contribution in [1.29, 1.82) is 0 Å². The molecule has 1 aliphatic heterocycles. The minimum Gasteiger partial charge on any atom is -0.490 e. The lowest BCUT2D eigenvalue weighted by Crippen LogP contribution is -2.35. The summed E-state index contributed by atoms with van der Waals surface area (Å²) in [6.45, 7) is 2.08. The molecule has 180 valence electrons. The first-order chi connectivity index (χ1) is 17.7. The Bertz CT molecular complexity index is 1450. The zero-order valence-electron chi connectivity index (χ0n) is 20.0. The smallest absolute Gasteiger partial charge is 0.227 e. The lowest BCUT2D eigenvalue weighted by Gasteiger charge is -2.29. The van der Waals surface area contributed by atoms with Crippen molar-refractivity contribution in [3.63, 3.8) is 0 Å². The number of piperidine rings is 1. The first kappa shape index (κ1) is 22.6. The highest BCUT2D eigenvalue weighted by Gasteiger charge is 2.21. The van der Waals surface area contributed by atoms with Crippen LogP contribution in [0.25, 0.3) is 32.6 Å². The average Bonchev–Trinajstić information content (AvgIpc) is 3.45. The van der Waals surface area contributed by atoms with Crippen LogP contribution in [0.2, 0.25) is 0 Å². The van der Waals surface area contributed by atoms with Crippen molar-refractivity contribution in [1.82, 2.24) is 24.8 Å². The molecular formula is C28H26N6OS. The summed E-state index contributed by atoms with van der Waals surface area (Å²) in [5, 5.41) is 7.21. The Kier molecular flexibility index (Phi) is 6.27. The van der Waals surface area contributed by atoms with Crippen LogP contribution >= 0.6 is 11.3 Å². The summed E-state index contributed by atoms with van der Waals surface area (Å²) in [5.74, 6) is 1.38. The number of nitrogens with one attached hydrogen (secondary N) is 1. The van der Waals surface area contributed by atoms with E-state index in [0.29, 0.717) is 5.95 Å². The first-order valence-electron chi connectivity index (χ1n) is 12.0. The topological polar surface area (TPSA) is 76.1 Å². The molecule has 4 heterocycles. The van der Waals surface area contributed by atoms with Gasteiger partial charge in [0.1, 0.15) is 16.9 Å². The van der Waals surface area contributed by atoms with E-state index in [0.717, 1.165) is 70.0 Å². The molecule has 5 aromatic rings. The molecule has 0 atom stereocenters. The number of hydrogen-bond acceptors (Lipinski definition) is 8. The SMILES string of the molecule is CN1CCC(Oc2cc3nc(Nc4ccc(-c5cccnc5)cc4)ncc3cc2-c2nccs2)CC1. The van der Waals surface area contributed by atoms with Gasteiger partial charge in [0.05, 0.1) is 11.1 Å². The summed E-state index contributed by atoms with van der Waals surface area (Å²) < 4.78 is 6.53. The molecule has 0 amide bonds. The van der Waals surface area contributed by atoms with Crippen molar-refractivity contribution in [2.24, 2.45) is 0 Å². The number of aromatic nitrogens is 4. The minimum atomic E-state index is 0.190. The summed E-state index contributed by atoms with van der Waals surface area (Å²) in [4.78, 5) is 20.4. The number of thiazole rings is 1. The second kappa shape index (κ2) is 10.0. The van der Waals surface area contributed by atoms with Gasteiger partial charge >= 0.3 is 0 Å². The van der Waals surface area contributed by atoms with E-state index in [1.165, 1.54) is 0 Å². The number of likely N-dealkylation sites (tertiary alicyclic amines) is 1. The van der Waals surface area contributed by atoms with Gasteiger partial charge in [-0.15, -0.1) is 11.3 Å². The lowest BCUT2D eigenvalue weighted by atomic mass is 10.1. The van der Waals surface area contributed by atoms with Crippen LogP contribution in [0, 0.1) is 0 Å². The summed E-state index contributed by atoms with van der Waals surface area (Å²) in [5.41, 5.74) is 4.94. The quantitative estimate of drug-likeness (QED) is 0.309. The van der Waals surface area contributed by atoms with Gasteiger partial charge in [-0.05, 0) is 55.3 Å². The van der Waals surface area contributed by atoms with E-state index in [9.17, 15) is 0 Å². The van der Waals surface area contributed by atoms with Crippen LogP contribution in [0.5, 0.6) is 5.75 Å². The molecule has 7 nitrogen and oxygen atoms in total. The minimum absolute atomic E-state index is 0.190. The molecule has 8 heteroatoms. The number of rotatable bonds is 6. The van der Waals surface area contributed by atoms with Gasteiger partial charge in [0, 0.05) is 60.4 Å². The van der Waals surface area contributed by atoms with Gasteiger partial charge in [0.2, 0.25) is 5.95 Å². The monoisotopic (exact) mass is 494 g/mol. The third-order valence-corrected chi connectivity index (χ3v) is 7.25. The Hall–Kier alpha value is -3.88. The number of pyridine rings is 1. The molecule has 0 radical (unpaired) electrons. The molecule has 0 unspecified atom stereocenters. The summed E-state index contributed by atoms with van der Waals surface area (Å²) in [6.07, 6.45) is 9.53. The Labute approximate surface area is 213 Å². The van der Waals surface area contributed by atoms with Crippen molar-refractivity contribution >= 4 is 33.9 Å². The molecule has 0 spiro atoms. The molecular weight excluding hydrogens is 468 g/mol. The standard InChI is InChI=1S/C28H26N6OS/c1-34-12-8-23(9-13-34)35-26-16-25-21(15-24(26)27-30-11-14-36-27)18-31-28(33-25)32-22-6-4-19(5-7-22)20-3-2-10-29-17-20/h2-7,10-11,14-18,23H,8-9,12-13H2,1H3,(H,31,32,33). The fourth-order valence-corrected chi connectivity index (χ4v) is 5.09. The Morgan fingerprint density at radius 1 is 0.972 bits per heavy atom. The van der Waals surface area contributed by atoms with Crippen LogP contribution < -0.4 is 10.1 Å². The maximum absolute atomic E-state index is 6.53. The summed E-state index contributed by atoms with van der Waals surface area (Å²) in [7, 11) is 2.16. The van der Waals surface area contributed by atoms with Gasteiger partial charge in [0.15, 0.2) is 0 Å². The van der Waals surface area contributed by atoms with Crippen LogP contribution in [-0.2, 0) is 0 Å². The Morgan fingerprint density at radius 2 is 1.83 bits per heavy atom. The van der Waals surface area contributed by atoms with Crippen molar-refractivity contribution in [2.45, 2.75) is 18.9 Å². The van der Waals surface area contributed by atoms with Gasteiger partial charge in [-0.25, -0.2) is 15.0 Å². The molecule has 0 bridgehead atoms. The van der Waals surface area contributed by atoms with E-state index in [1.54, 1.807) is 17.5 Å². The second-order valence-corrected chi connectivity index (χ2v) is 9.90. The zero-order chi connectivity index (χ0) is 24.3. The van der Waals surface area contributed by atoms with Crippen LogP contribution in [0.1, 0.15) is 12.8 Å². The molecule has 3 aromatic heterocycles. The number of benzene rings is 2. The van der Waals surface area contributed by atoms with E-state index in [4.69, 9.17) is 9.72 Å². The van der Waals surface area contributed by atoms with E-state index in [2.05, 4.69) is 50.4 Å². The van der Waals surface area contributed by atoms with Gasteiger partial charge in [0.25, 0.3) is 0 Å². The van der Waals surface area contributed by atoms with Gasteiger partial charge in [-0.3, -0.25) is 4.98 Å². The molecule has 1 saturated heterocycles. The number of nitrogens with zero attached hydrogens (tertiary/aromatic N) is 5. The third-order valence-electron chi connectivity index (χ3n) is 6.44. The molecule has 1 N–H and O–H groups in total. The number of hydrogen-bond donors (Lipinski definition) is 1. The Balaban J connectivity index is 1.28. The zero-order valence-corrected chi connectivity index (χ0v) is 20.8. The van der Waals surface area contributed by atoms with Crippen molar-refractivity contribution in [2.75, 3.05) is 25.5 Å². The van der Waals surface area contributed by atoms with Gasteiger partial charge in [-0.2, -0.15) is 0 Å². The average molecular weight is 495 g/mol. The van der Waals surface area contributed by atoms with Crippen LogP contribution in [0.4, 0.5) is 11.6 Å². The molecule has 0 saturated carbocycles. The Morgan fingerprint density at radius 3 is 2.58 bits per heavy atom. The predicted molar refractivity (Wildman–Crippen MR) is 145 cm³/mol. The lowest BCUT2D eigenvalue weighted by molar-refractivity contribution is 0.115. The highest BCUT2D eigenvalue weighted by molar-refractivity contribution is 7.13. The summed E-state index contributed by atoms with van der Waals surface area (Å²) >= 11 is 1.61. The summed E-state index contributed by atoms with van der Waals surface area (Å²) in [6, 6.07) is 16.3. The van der Waals surface area contributed by atoms with Crippen LogP contribution in [0.3, 0.4) is 0 Å². The largest absolute Gasteiger partial charge is 0.490 e. The maximum Gasteiger partial charge on any atom is 0.227 e. The van der Waals surface area contributed by atoms with Crippen LogP contribution in [0.15, 0.2) is 78.7 Å². The van der Waals surface area contributed by atoms with Gasteiger partial charge in [-0.1, -0.05) is 18.2 Å². The van der Waals surface area contributed by atoms with Crippen molar-refractivity contribution in [3.05, 3.63) is 78.7 Å². The fourth-order valence-electron chi connectivity index (χ4n) is 4.43. The van der Waals surface area contributed by atoms with E-state index in [1.807, 2.05) is 54.3 Å². The van der Waals surface area contributed by atoms with E-state index >= 15 is 0 Å². The van der Waals surface area contributed by atoms with E-state index in [-0.39, 0.29) is 6.10 Å². The first-order valence-corrected chi connectivity index (χ1v) is 12.9.